The third-order valence-corrected chi connectivity index (χ3v) is 0.360. The molecule has 0 fully saturated rings. The van der Waals surface area contributed by atoms with Crippen LogP contribution in [0.25, 0.3) is 0 Å². The maximum atomic E-state index is 9.69. The Balaban J connectivity index is -0.000000180. The summed E-state index contributed by atoms with van der Waals surface area (Å²) in [5, 5.41) is 7.71. The van der Waals surface area contributed by atoms with E-state index in [0.717, 1.165) is 8.05 Å². The number of carbonyl (C=O) groups is 2. The molecule has 7 heteroatoms. The van der Waals surface area contributed by atoms with Crippen molar-refractivity contribution in [1.82, 2.24) is 0 Å². The van der Waals surface area contributed by atoms with Crippen molar-refractivity contribution in [3.63, 3.8) is 0 Å². The topological polar surface area (TPSA) is 63.6 Å². The van der Waals surface area contributed by atoms with Crippen LogP contribution >= 0.6 is 0 Å². The monoisotopic (exact) mass is 136 g/mol. The van der Waals surface area contributed by atoms with Gasteiger partial charge in [0.25, 0.3) is 0 Å². The first-order chi connectivity index (χ1) is 3.18. The summed E-state index contributed by atoms with van der Waals surface area (Å²) in [5.41, 5.74) is 0. The van der Waals surface area contributed by atoms with E-state index < -0.39 is 11.9 Å². The van der Waals surface area contributed by atoms with Crippen molar-refractivity contribution >= 4 is 61.9 Å². The van der Waals surface area contributed by atoms with E-state index in [1.54, 1.807) is 0 Å². The van der Waals surface area contributed by atoms with Gasteiger partial charge in [-0.1, -0.05) is 0 Å². The smallest absolute Gasteiger partial charge is 0.316 e. The number of aliphatic carboxylic acids is 1. The molecule has 4 nitrogen and oxygen atoms in total. The average molecular weight is 136 g/mol. The Hall–Kier alpha value is 0.369. The largest absolute Gasteiger partial charge is 0.316 e. The van der Waals surface area contributed by atoms with Gasteiger partial charge in [-0.05, 0) is 0 Å². The van der Waals surface area contributed by atoms with E-state index in [4.69, 9.17) is 5.11 Å². The summed E-state index contributed by atoms with van der Waals surface area (Å²) in [6, 6.07) is 0. The van der Waals surface area contributed by atoms with Crippen molar-refractivity contribution in [1.29, 1.82) is 0 Å². The maximum Gasteiger partial charge on any atom is 0.316 e. The molecule has 0 aliphatic heterocycles. The van der Waals surface area contributed by atoms with Crippen LogP contribution in [0.4, 0.5) is 0 Å². The first kappa shape index (κ1) is 16.2. The molecule has 0 spiro atoms. The fraction of sp³-hybridized carbons (Fsp3) is 0. The van der Waals surface area contributed by atoms with Crippen LogP contribution in [-0.4, -0.2) is 67.0 Å². The molecule has 0 aliphatic carbocycles. The Morgan fingerprint density at radius 2 is 1.78 bits per heavy atom. The quantitative estimate of drug-likeness (QED) is 0.278. The second-order valence-electron chi connectivity index (χ2n) is 0.797. The van der Waals surface area contributed by atoms with Gasteiger partial charge in [0.15, 0.2) is 0 Å². The number of carboxylic acids is 1. The number of carbonyl (C=O) groups excluding carboxylic acids is 1. The SMILES string of the molecule is BOC(=O)C(=O)O.[LiH].[MgH2]. The fourth-order valence-electron chi connectivity index (χ4n) is 0.0873. The number of hydrogen-bond donors (Lipinski definition) is 1. The summed E-state index contributed by atoms with van der Waals surface area (Å²) in [6.45, 7) is 0. The molecule has 0 atom stereocenters. The van der Waals surface area contributed by atoms with Gasteiger partial charge < -0.3 is 9.76 Å². The molecule has 44 valence electrons. The molecule has 0 amide bonds. The Morgan fingerprint density at radius 3 is 1.78 bits per heavy atom. The van der Waals surface area contributed by atoms with Crippen LogP contribution in [0, 0.1) is 0 Å². The zero-order chi connectivity index (χ0) is 5.86. The van der Waals surface area contributed by atoms with Gasteiger partial charge in [-0.3, -0.25) is 0 Å². The predicted molar refractivity (Wildman–Crippen MR) is 38.0 cm³/mol. The molecule has 0 aromatic rings. The first-order valence-electron chi connectivity index (χ1n) is 1.49. The number of hydrogen-bond acceptors (Lipinski definition) is 3. The molecule has 0 aromatic carbocycles. The third-order valence-electron chi connectivity index (χ3n) is 0.360. The zero-order valence-electron chi connectivity index (χ0n) is 3.67. The number of carboxylic acid groups (broad SMARTS) is 1. The molecule has 0 heterocycles. The Morgan fingerprint density at radius 1 is 1.44 bits per heavy atom. The second kappa shape index (κ2) is 8.37. The molecule has 0 saturated carbocycles. The summed E-state index contributed by atoms with van der Waals surface area (Å²) >= 11 is 0. The van der Waals surface area contributed by atoms with Gasteiger partial charge in [-0.25, -0.2) is 9.59 Å². The van der Waals surface area contributed by atoms with Crippen LogP contribution in [0.2, 0.25) is 0 Å². The van der Waals surface area contributed by atoms with E-state index in [0.29, 0.717) is 0 Å². The van der Waals surface area contributed by atoms with Crippen LogP contribution in [0.1, 0.15) is 0 Å². The average Bonchev–Trinajstić information content (AvgIpc) is 1.65. The van der Waals surface area contributed by atoms with Crippen molar-refractivity contribution in [2.45, 2.75) is 0 Å². The van der Waals surface area contributed by atoms with Crippen LogP contribution in [-0.2, 0) is 14.2 Å². The predicted octanol–water partition coefficient (Wildman–Crippen LogP) is -3.40. The summed E-state index contributed by atoms with van der Waals surface area (Å²) in [5.74, 6) is -2.80. The summed E-state index contributed by atoms with van der Waals surface area (Å²) in [6.07, 6.45) is 0. The van der Waals surface area contributed by atoms with Crippen molar-refractivity contribution in [2.24, 2.45) is 0 Å². The minimum atomic E-state index is -1.57. The van der Waals surface area contributed by atoms with Gasteiger partial charge in [0.1, 0.15) is 0 Å². The molecular weight excluding hydrogens is 130 g/mol. The Labute approximate surface area is 81.1 Å². The Bertz CT molecular complexity index is 107. The molecule has 0 bridgehead atoms. The normalized spacial score (nSPS) is 5.78. The van der Waals surface area contributed by atoms with Crippen LogP contribution in [0.5, 0.6) is 0 Å². The van der Waals surface area contributed by atoms with Crippen molar-refractivity contribution < 1.29 is 19.3 Å². The number of rotatable bonds is 0. The summed E-state index contributed by atoms with van der Waals surface area (Å²) in [7, 11) is 1.01. The van der Waals surface area contributed by atoms with Gasteiger partial charge in [0.05, 0.1) is 0 Å². The van der Waals surface area contributed by atoms with Gasteiger partial charge in [0, 0.05) is 0 Å². The Kier molecular flexibility index (Phi) is 15.0. The van der Waals surface area contributed by atoms with E-state index in [2.05, 4.69) is 4.65 Å². The van der Waals surface area contributed by atoms with Crippen LogP contribution < -0.4 is 0 Å². The zero-order valence-corrected chi connectivity index (χ0v) is 3.67. The van der Waals surface area contributed by atoms with Crippen LogP contribution in [0.15, 0.2) is 0 Å². The molecule has 1 N–H and O–H groups in total. The van der Waals surface area contributed by atoms with Gasteiger partial charge in [0.2, 0.25) is 0 Å². The minimum absolute atomic E-state index is 0. The molecule has 0 unspecified atom stereocenters. The van der Waals surface area contributed by atoms with Gasteiger partial charge in [-0.15, -0.1) is 0 Å². The molecular formula is C2H6BLiMgO4. The summed E-state index contributed by atoms with van der Waals surface area (Å²) < 4.78 is 3.77. The molecule has 0 saturated heterocycles. The van der Waals surface area contributed by atoms with E-state index in [-0.39, 0.29) is 41.9 Å². The summed E-state index contributed by atoms with van der Waals surface area (Å²) in [4.78, 5) is 19.1. The van der Waals surface area contributed by atoms with E-state index in [1.807, 2.05) is 0 Å². The van der Waals surface area contributed by atoms with E-state index >= 15 is 0 Å². The van der Waals surface area contributed by atoms with Crippen molar-refractivity contribution in [3.05, 3.63) is 0 Å². The van der Waals surface area contributed by atoms with Gasteiger partial charge >= 0.3 is 61.9 Å². The minimum Gasteiger partial charge on any atom is 0.316 e. The second-order valence-corrected chi connectivity index (χ2v) is 0.797. The van der Waals surface area contributed by atoms with E-state index in [9.17, 15) is 9.59 Å². The maximum absolute atomic E-state index is 9.69. The standard InChI is InChI=1S/C2H3BO4.Li.Mg.3H/c3-7-2(6)1(4)5;;;;;/h3H2,(H,4,5);;;;;. The molecule has 0 radical (unpaired) electrons. The van der Waals surface area contributed by atoms with Crippen molar-refractivity contribution in [2.75, 3.05) is 0 Å². The third kappa shape index (κ3) is 8.37. The first-order valence-corrected chi connectivity index (χ1v) is 1.49. The molecule has 0 aliphatic rings. The molecule has 0 rings (SSSR count). The fourth-order valence-corrected chi connectivity index (χ4v) is 0.0873. The molecule has 9 heavy (non-hydrogen) atoms. The van der Waals surface area contributed by atoms with Gasteiger partial charge in [-0.2, -0.15) is 0 Å². The molecule has 0 aromatic heterocycles. The van der Waals surface area contributed by atoms with E-state index in [1.165, 1.54) is 0 Å². The van der Waals surface area contributed by atoms with Crippen LogP contribution in [0.3, 0.4) is 0 Å². The van der Waals surface area contributed by atoms with Crippen molar-refractivity contribution in [3.8, 4) is 0 Å².